The predicted molar refractivity (Wildman–Crippen MR) is 188 cm³/mol. The van der Waals surface area contributed by atoms with E-state index >= 15 is 0 Å². The van der Waals surface area contributed by atoms with E-state index in [1.54, 1.807) is 34.1 Å². The normalized spacial score (nSPS) is 15.6. The minimum Gasteiger partial charge on any atom is -0.480 e. The summed E-state index contributed by atoms with van der Waals surface area (Å²) in [7, 11) is 0. The smallest absolute Gasteiger partial charge is 0.471 e. The first-order valence-electron chi connectivity index (χ1n) is 16.8. The average molecular weight is 712 g/mol. The van der Waals surface area contributed by atoms with E-state index < -0.39 is 29.6 Å². The number of imide groups is 1. The molecule has 12 nitrogen and oxygen atoms in total. The Kier molecular flexibility index (Phi) is 13.8. The Morgan fingerprint density at radius 2 is 1.63 bits per heavy atom. The van der Waals surface area contributed by atoms with Gasteiger partial charge in [0.2, 0.25) is 5.95 Å². The molecule has 1 aliphatic carbocycles. The second-order valence-electron chi connectivity index (χ2n) is 11.8. The molecule has 1 atom stereocenters. The maximum Gasteiger partial charge on any atom is 0.471 e. The lowest BCUT2D eigenvalue weighted by Gasteiger charge is -2.37. The first kappa shape index (κ1) is 40.1. The summed E-state index contributed by atoms with van der Waals surface area (Å²) in [5.41, 5.74) is 6.80. The van der Waals surface area contributed by atoms with E-state index in [1.165, 1.54) is 11.8 Å². The predicted octanol–water partition coefficient (Wildman–Crippen LogP) is 6.10. The maximum atomic E-state index is 13.6. The van der Waals surface area contributed by atoms with Gasteiger partial charge < -0.3 is 25.1 Å². The van der Waals surface area contributed by atoms with Gasteiger partial charge >= 0.3 is 24.1 Å². The standard InChI is InChI=1S/C31H40F3N7O5.C5H4/c1-5-38(6-2)28-35-19-23(39(7-3)27(45)31(32,33)34)24(37-28)36-22(25(42)43)18-20-12-14-21(15-13-20)41-26(44)30(16-10-9-11-17-30)40(8-4)29(41)46;1-3-5-4-2/h12-15,19,22H,5-11,16-18H2,1-4H3,(H,42,43)(H,35,36,37);1-2H2/t22-;/m0./s1. The summed E-state index contributed by atoms with van der Waals surface area (Å²) in [6, 6.07) is 4.60. The lowest BCUT2D eigenvalue weighted by Crippen LogP contribution is -2.50. The number of hydrogen-bond donors (Lipinski definition) is 2. The van der Waals surface area contributed by atoms with Crippen molar-refractivity contribution in [1.82, 2.24) is 14.9 Å². The molecule has 2 aromatic rings. The van der Waals surface area contributed by atoms with Crippen LogP contribution in [-0.2, 0) is 20.8 Å². The number of nitrogens with zero attached hydrogens (tertiary/aromatic N) is 6. The number of nitrogens with one attached hydrogen (secondary N) is 1. The van der Waals surface area contributed by atoms with Crippen LogP contribution < -0.4 is 20.0 Å². The molecule has 0 radical (unpaired) electrons. The van der Waals surface area contributed by atoms with E-state index in [4.69, 9.17) is 0 Å². The van der Waals surface area contributed by atoms with Crippen LogP contribution in [0.4, 0.5) is 41.1 Å². The molecular weight excluding hydrogens is 667 g/mol. The highest BCUT2D eigenvalue weighted by atomic mass is 19.4. The molecule has 1 saturated carbocycles. The van der Waals surface area contributed by atoms with Crippen molar-refractivity contribution in [2.45, 2.75) is 84.0 Å². The third-order valence-corrected chi connectivity index (χ3v) is 8.85. The molecule has 4 amide bonds. The van der Waals surface area contributed by atoms with Crippen LogP contribution >= 0.6 is 0 Å². The van der Waals surface area contributed by atoms with E-state index in [-0.39, 0.29) is 42.4 Å². The molecule has 1 aliphatic heterocycles. The molecule has 274 valence electrons. The van der Waals surface area contributed by atoms with Gasteiger partial charge in [-0.1, -0.05) is 42.9 Å². The summed E-state index contributed by atoms with van der Waals surface area (Å²) < 4.78 is 40.3. The van der Waals surface area contributed by atoms with Crippen LogP contribution in [0.3, 0.4) is 0 Å². The zero-order chi connectivity index (χ0) is 37.9. The molecule has 0 unspecified atom stereocenters. The van der Waals surface area contributed by atoms with Crippen molar-refractivity contribution < 1.29 is 37.5 Å². The molecular formula is C36H44F3N7O5. The second-order valence-corrected chi connectivity index (χ2v) is 11.8. The number of urea groups is 1. The summed E-state index contributed by atoms with van der Waals surface area (Å²) >= 11 is 0. The Balaban J connectivity index is 0.00000131. The van der Waals surface area contributed by atoms with Crippen LogP contribution in [0.2, 0.25) is 0 Å². The summed E-state index contributed by atoms with van der Waals surface area (Å²) in [6.45, 7) is 14.3. The molecule has 1 saturated heterocycles. The monoisotopic (exact) mass is 711 g/mol. The second kappa shape index (κ2) is 17.5. The zero-order valence-electron chi connectivity index (χ0n) is 29.3. The number of aromatic nitrogens is 2. The van der Waals surface area contributed by atoms with Gasteiger partial charge in [-0.3, -0.25) is 9.59 Å². The number of carboxylic acid groups (broad SMARTS) is 1. The Morgan fingerprint density at radius 1 is 1.02 bits per heavy atom. The summed E-state index contributed by atoms with van der Waals surface area (Å²) in [5.74, 6) is -3.80. The number of anilines is 4. The van der Waals surface area contributed by atoms with Gasteiger partial charge in [0.1, 0.15) is 17.3 Å². The van der Waals surface area contributed by atoms with E-state index in [2.05, 4.69) is 45.6 Å². The van der Waals surface area contributed by atoms with Crippen LogP contribution in [0.15, 0.2) is 60.8 Å². The van der Waals surface area contributed by atoms with Gasteiger partial charge in [-0.25, -0.2) is 19.5 Å². The van der Waals surface area contributed by atoms with Crippen LogP contribution in [0, 0.1) is 0 Å². The van der Waals surface area contributed by atoms with Crippen LogP contribution in [0.25, 0.3) is 0 Å². The molecule has 15 heteroatoms. The van der Waals surface area contributed by atoms with Crippen molar-refractivity contribution in [1.29, 1.82) is 0 Å². The molecule has 1 spiro atoms. The van der Waals surface area contributed by atoms with E-state index in [1.807, 2.05) is 20.8 Å². The number of alkyl halides is 3. The number of hydrogen-bond acceptors (Lipinski definition) is 8. The SMILES string of the molecule is C=C=C=C=C.CCN(CC)c1ncc(N(CC)C(=O)C(F)(F)F)c(N[C@@H](Cc2ccc(N3C(=O)N(CC)C4(CCCCC4)C3=O)cc2)C(=O)O)n1. The van der Waals surface area contributed by atoms with Crippen molar-refractivity contribution in [3.05, 3.63) is 66.4 Å². The third-order valence-electron chi connectivity index (χ3n) is 8.85. The Hall–Kier alpha value is -5.35. The van der Waals surface area contributed by atoms with E-state index in [0.717, 1.165) is 25.5 Å². The van der Waals surface area contributed by atoms with Gasteiger partial charge in [0.25, 0.3) is 5.91 Å². The van der Waals surface area contributed by atoms with Gasteiger partial charge in [0.05, 0.1) is 11.9 Å². The first-order valence-corrected chi connectivity index (χ1v) is 16.8. The highest BCUT2D eigenvalue weighted by Crippen LogP contribution is 2.42. The highest BCUT2D eigenvalue weighted by Gasteiger charge is 2.57. The lowest BCUT2D eigenvalue weighted by molar-refractivity contribution is -0.170. The molecule has 4 rings (SSSR count). The van der Waals surface area contributed by atoms with Gasteiger partial charge in [0, 0.05) is 32.6 Å². The van der Waals surface area contributed by atoms with Crippen molar-refractivity contribution in [3.8, 4) is 0 Å². The number of carbonyl (C=O) groups is 4. The van der Waals surface area contributed by atoms with Gasteiger partial charge in [-0.15, -0.1) is 0 Å². The molecule has 1 aromatic heterocycles. The number of likely N-dealkylation sites (N-methyl/N-ethyl adjacent to an activating group) is 1. The fraction of sp³-hybridized carbons (Fsp3) is 0.472. The summed E-state index contributed by atoms with van der Waals surface area (Å²) in [6.07, 6.45) is -0.293. The molecule has 2 heterocycles. The number of rotatable bonds is 12. The van der Waals surface area contributed by atoms with Crippen molar-refractivity contribution >= 4 is 47.0 Å². The third kappa shape index (κ3) is 8.88. The van der Waals surface area contributed by atoms with Gasteiger partial charge in [0.15, 0.2) is 5.82 Å². The number of benzene rings is 1. The number of carbonyl (C=O) groups excluding carboxylic acids is 3. The van der Waals surface area contributed by atoms with Crippen LogP contribution in [-0.4, -0.2) is 87.7 Å². The fourth-order valence-electron chi connectivity index (χ4n) is 6.35. The van der Waals surface area contributed by atoms with E-state index in [9.17, 15) is 37.5 Å². The molecule has 51 heavy (non-hydrogen) atoms. The minimum atomic E-state index is -5.18. The topological polar surface area (TPSA) is 139 Å². The van der Waals surface area contributed by atoms with Crippen molar-refractivity contribution in [2.75, 3.05) is 46.2 Å². The van der Waals surface area contributed by atoms with Crippen LogP contribution in [0.5, 0.6) is 0 Å². The van der Waals surface area contributed by atoms with Gasteiger partial charge in [-0.2, -0.15) is 18.2 Å². The van der Waals surface area contributed by atoms with Crippen LogP contribution in [0.1, 0.15) is 65.4 Å². The lowest BCUT2D eigenvalue weighted by atomic mass is 9.80. The molecule has 2 N–H and O–H groups in total. The molecule has 2 aliphatic rings. The summed E-state index contributed by atoms with van der Waals surface area (Å²) in [4.78, 5) is 65.1. The van der Waals surface area contributed by atoms with E-state index in [0.29, 0.717) is 48.6 Å². The number of halogens is 3. The summed E-state index contributed by atoms with van der Waals surface area (Å²) in [5, 5.41) is 12.8. The first-order chi connectivity index (χ1) is 24.2. The quantitative estimate of drug-likeness (QED) is 0.197. The van der Waals surface area contributed by atoms with Gasteiger partial charge in [-0.05, 0) is 77.1 Å². The number of aliphatic carboxylic acids is 1. The Morgan fingerprint density at radius 3 is 2.10 bits per heavy atom. The minimum absolute atomic E-state index is 0.133. The fourth-order valence-corrected chi connectivity index (χ4v) is 6.35. The highest BCUT2D eigenvalue weighted by molar-refractivity contribution is 6.23. The maximum absolute atomic E-state index is 13.6. The Labute approximate surface area is 295 Å². The average Bonchev–Trinajstić information content (AvgIpc) is 3.30. The zero-order valence-corrected chi connectivity index (χ0v) is 29.3. The van der Waals surface area contributed by atoms with Crippen molar-refractivity contribution in [2.24, 2.45) is 0 Å². The molecule has 0 bridgehead atoms. The number of amides is 4. The molecule has 1 aromatic carbocycles. The van der Waals surface area contributed by atoms with Crippen molar-refractivity contribution in [3.63, 3.8) is 0 Å². The Bertz CT molecular complexity index is 1680. The number of carboxylic acids is 1. The molecule has 2 fully saturated rings. The largest absolute Gasteiger partial charge is 0.480 e.